The summed E-state index contributed by atoms with van der Waals surface area (Å²) in [7, 11) is 0. The van der Waals surface area contributed by atoms with Crippen molar-refractivity contribution in [2.24, 2.45) is 0 Å². The molecule has 0 spiro atoms. The van der Waals surface area contributed by atoms with Gasteiger partial charge < -0.3 is 4.74 Å². The molecule has 0 bridgehead atoms. The van der Waals surface area contributed by atoms with E-state index in [0.29, 0.717) is 25.3 Å². The van der Waals surface area contributed by atoms with Crippen LogP contribution >= 0.6 is 0 Å². The molecule has 0 radical (unpaired) electrons. The van der Waals surface area contributed by atoms with Crippen LogP contribution in [0.25, 0.3) is 0 Å². The van der Waals surface area contributed by atoms with Crippen LogP contribution in [0, 0.1) is 10.1 Å². The zero-order valence-corrected chi connectivity index (χ0v) is 10.9. The number of benzene rings is 1. The lowest BCUT2D eigenvalue weighted by Gasteiger charge is -2.37. The molecular weight excluding hydrogens is 262 g/mol. The lowest BCUT2D eigenvalue weighted by atomic mass is 10.1. The van der Waals surface area contributed by atoms with E-state index in [1.165, 1.54) is 6.07 Å². The number of rotatable bonds is 3. The molecule has 2 heterocycles. The first-order valence-corrected chi connectivity index (χ1v) is 6.56. The van der Waals surface area contributed by atoms with Crippen molar-refractivity contribution in [1.82, 2.24) is 9.80 Å². The van der Waals surface area contributed by atoms with Gasteiger partial charge >= 0.3 is 6.09 Å². The maximum absolute atomic E-state index is 11.6. The SMILES string of the molecule is O=C1OC[C@@H]2N(Cc3ccccc3[N+](=O)[O-])CCCN12. The van der Waals surface area contributed by atoms with Crippen molar-refractivity contribution >= 4 is 11.8 Å². The number of nitro benzene ring substituents is 1. The Morgan fingerprint density at radius 1 is 1.35 bits per heavy atom. The van der Waals surface area contributed by atoms with Crippen LogP contribution in [-0.2, 0) is 11.3 Å². The smallest absolute Gasteiger partial charge is 0.411 e. The van der Waals surface area contributed by atoms with Gasteiger partial charge in [-0.2, -0.15) is 0 Å². The molecule has 1 amide bonds. The zero-order valence-electron chi connectivity index (χ0n) is 10.9. The number of hydrogen-bond acceptors (Lipinski definition) is 5. The van der Waals surface area contributed by atoms with Gasteiger partial charge in [-0.15, -0.1) is 0 Å². The van der Waals surface area contributed by atoms with Gasteiger partial charge in [-0.05, 0) is 6.42 Å². The van der Waals surface area contributed by atoms with E-state index in [1.54, 1.807) is 23.1 Å². The lowest BCUT2D eigenvalue weighted by molar-refractivity contribution is -0.385. The fourth-order valence-corrected chi connectivity index (χ4v) is 2.80. The molecule has 1 aromatic carbocycles. The number of fused-ring (bicyclic) bond motifs is 1. The van der Waals surface area contributed by atoms with Gasteiger partial charge in [0.2, 0.25) is 0 Å². The fraction of sp³-hybridized carbons (Fsp3) is 0.462. The Labute approximate surface area is 115 Å². The Morgan fingerprint density at radius 3 is 2.95 bits per heavy atom. The second kappa shape index (κ2) is 5.09. The number of nitrogens with zero attached hydrogens (tertiary/aromatic N) is 3. The Bertz CT molecular complexity index is 548. The summed E-state index contributed by atoms with van der Waals surface area (Å²) in [6.07, 6.45) is 0.463. The Morgan fingerprint density at radius 2 is 2.15 bits per heavy atom. The molecule has 2 aliphatic heterocycles. The summed E-state index contributed by atoms with van der Waals surface area (Å²) < 4.78 is 5.06. The lowest BCUT2D eigenvalue weighted by Crippen LogP contribution is -2.52. The van der Waals surface area contributed by atoms with Crippen LogP contribution in [-0.4, -0.2) is 46.7 Å². The summed E-state index contributed by atoms with van der Waals surface area (Å²) in [4.78, 5) is 26.0. The van der Waals surface area contributed by atoms with Crippen molar-refractivity contribution < 1.29 is 14.5 Å². The molecule has 0 saturated carbocycles. The highest BCUT2D eigenvalue weighted by molar-refractivity contribution is 5.70. The Hall–Kier alpha value is -2.15. The number of amides is 1. The van der Waals surface area contributed by atoms with Gasteiger partial charge in [0.25, 0.3) is 5.69 Å². The molecule has 0 aliphatic carbocycles. The van der Waals surface area contributed by atoms with Crippen molar-refractivity contribution in [1.29, 1.82) is 0 Å². The number of hydrogen-bond donors (Lipinski definition) is 0. The van der Waals surface area contributed by atoms with Crippen LogP contribution in [0.3, 0.4) is 0 Å². The topological polar surface area (TPSA) is 75.9 Å². The van der Waals surface area contributed by atoms with Crippen molar-refractivity contribution in [2.45, 2.75) is 19.1 Å². The summed E-state index contributed by atoms with van der Waals surface area (Å²) in [6.45, 7) is 2.29. The van der Waals surface area contributed by atoms with Gasteiger partial charge in [-0.3, -0.25) is 19.9 Å². The highest BCUT2D eigenvalue weighted by Gasteiger charge is 2.39. The molecule has 2 aliphatic rings. The van der Waals surface area contributed by atoms with Gasteiger partial charge in [-0.1, -0.05) is 18.2 Å². The predicted octanol–water partition coefficient (Wildman–Crippen LogP) is 1.58. The fourth-order valence-electron chi connectivity index (χ4n) is 2.80. The first-order chi connectivity index (χ1) is 9.66. The molecule has 1 atom stereocenters. The zero-order chi connectivity index (χ0) is 14.1. The molecule has 1 aromatic rings. The van der Waals surface area contributed by atoms with E-state index < -0.39 is 0 Å². The largest absolute Gasteiger partial charge is 0.446 e. The van der Waals surface area contributed by atoms with E-state index in [2.05, 4.69) is 4.90 Å². The first-order valence-electron chi connectivity index (χ1n) is 6.56. The molecule has 2 fully saturated rings. The third-order valence-electron chi connectivity index (χ3n) is 3.78. The summed E-state index contributed by atoms with van der Waals surface area (Å²) in [6, 6.07) is 6.72. The average molecular weight is 277 g/mol. The summed E-state index contributed by atoms with van der Waals surface area (Å²) in [5, 5.41) is 11.0. The third-order valence-corrected chi connectivity index (χ3v) is 3.78. The monoisotopic (exact) mass is 277 g/mol. The second-order valence-corrected chi connectivity index (χ2v) is 4.96. The minimum absolute atomic E-state index is 0.101. The van der Waals surface area contributed by atoms with Gasteiger partial charge in [0, 0.05) is 31.3 Å². The van der Waals surface area contributed by atoms with Crippen LogP contribution < -0.4 is 0 Å². The predicted molar refractivity (Wildman–Crippen MR) is 70.0 cm³/mol. The number of carbonyl (C=O) groups is 1. The molecule has 20 heavy (non-hydrogen) atoms. The number of nitro groups is 1. The molecule has 0 unspecified atom stereocenters. The molecule has 0 aromatic heterocycles. The van der Waals surface area contributed by atoms with Crippen molar-refractivity contribution in [3.8, 4) is 0 Å². The van der Waals surface area contributed by atoms with Gasteiger partial charge in [0.1, 0.15) is 12.8 Å². The molecule has 7 heteroatoms. The molecule has 3 rings (SSSR count). The Kier molecular flexibility index (Phi) is 3.27. The van der Waals surface area contributed by atoms with E-state index in [9.17, 15) is 14.9 Å². The molecule has 2 saturated heterocycles. The number of carbonyl (C=O) groups excluding carboxylic acids is 1. The summed E-state index contributed by atoms with van der Waals surface area (Å²) in [5.74, 6) is 0. The Balaban J connectivity index is 1.81. The highest BCUT2D eigenvalue weighted by Crippen LogP contribution is 2.26. The normalized spacial score (nSPS) is 22.5. The first kappa shape index (κ1) is 12.9. The second-order valence-electron chi connectivity index (χ2n) is 4.96. The maximum Gasteiger partial charge on any atom is 0.411 e. The molecule has 106 valence electrons. The number of ether oxygens (including phenoxy) is 1. The third kappa shape index (κ3) is 2.20. The van der Waals surface area contributed by atoms with E-state index in [1.807, 2.05) is 0 Å². The van der Waals surface area contributed by atoms with Crippen LogP contribution in [0.1, 0.15) is 12.0 Å². The number of cyclic esters (lactones) is 1. The van der Waals surface area contributed by atoms with E-state index in [-0.39, 0.29) is 22.9 Å². The molecule has 7 nitrogen and oxygen atoms in total. The van der Waals surface area contributed by atoms with Gasteiger partial charge in [-0.25, -0.2) is 4.79 Å². The molecular formula is C13H15N3O4. The van der Waals surface area contributed by atoms with Gasteiger partial charge in [0.05, 0.1) is 4.92 Å². The van der Waals surface area contributed by atoms with Crippen molar-refractivity contribution in [3.05, 3.63) is 39.9 Å². The minimum Gasteiger partial charge on any atom is -0.446 e. The standard InChI is InChI=1S/C13H15N3O4/c17-13-15-7-3-6-14(12(15)9-20-13)8-10-4-1-2-5-11(10)16(18)19/h1-2,4-5,12H,3,6-9H2/t12-/m1/s1. The van der Waals surface area contributed by atoms with Crippen molar-refractivity contribution in [3.63, 3.8) is 0 Å². The molecule has 0 N–H and O–H groups in total. The summed E-state index contributed by atoms with van der Waals surface area (Å²) in [5.41, 5.74) is 0.786. The quantitative estimate of drug-likeness (QED) is 0.619. The van der Waals surface area contributed by atoms with Crippen LogP contribution in [0.4, 0.5) is 10.5 Å². The van der Waals surface area contributed by atoms with E-state index >= 15 is 0 Å². The average Bonchev–Trinajstić information content (AvgIpc) is 2.82. The van der Waals surface area contributed by atoms with Crippen LogP contribution in [0.5, 0.6) is 0 Å². The van der Waals surface area contributed by atoms with E-state index in [0.717, 1.165) is 13.0 Å². The van der Waals surface area contributed by atoms with Crippen LogP contribution in [0.15, 0.2) is 24.3 Å². The number of para-hydroxylation sites is 1. The van der Waals surface area contributed by atoms with Crippen LogP contribution in [0.2, 0.25) is 0 Å². The van der Waals surface area contributed by atoms with E-state index in [4.69, 9.17) is 4.74 Å². The van der Waals surface area contributed by atoms with Crippen molar-refractivity contribution in [2.75, 3.05) is 19.7 Å². The highest BCUT2D eigenvalue weighted by atomic mass is 16.6. The minimum atomic E-state index is -0.368. The van der Waals surface area contributed by atoms with Gasteiger partial charge in [0.15, 0.2) is 0 Å². The summed E-state index contributed by atoms with van der Waals surface area (Å²) >= 11 is 0. The maximum atomic E-state index is 11.6.